The summed E-state index contributed by atoms with van der Waals surface area (Å²) in [5.41, 5.74) is 1.25. The van der Waals surface area contributed by atoms with Crippen molar-refractivity contribution in [1.29, 1.82) is 0 Å². The van der Waals surface area contributed by atoms with Crippen LogP contribution in [0.4, 0.5) is 0 Å². The molecule has 0 amide bonds. The third-order valence-corrected chi connectivity index (χ3v) is 2.40. The van der Waals surface area contributed by atoms with E-state index in [4.69, 9.17) is 4.84 Å². The Kier molecular flexibility index (Phi) is 3.40. The lowest BCUT2D eigenvalue weighted by molar-refractivity contribution is 0.210. The summed E-state index contributed by atoms with van der Waals surface area (Å²) < 4.78 is 0. The molecule has 0 aliphatic heterocycles. The first-order valence-corrected chi connectivity index (χ1v) is 4.48. The van der Waals surface area contributed by atoms with Crippen LogP contribution in [0.1, 0.15) is 39.0 Å². The summed E-state index contributed by atoms with van der Waals surface area (Å²) in [4.78, 5) is 4.80. The molecule has 0 aromatic rings. The van der Waals surface area contributed by atoms with Crippen molar-refractivity contribution in [3.63, 3.8) is 0 Å². The van der Waals surface area contributed by atoms with Crippen LogP contribution in [0.25, 0.3) is 0 Å². The fourth-order valence-corrected chi connectivity index (χ4v) is 1.80. The highest BCUT2D eigenvalue weighted by molar-refractivity contribution is 5.86. The molecular weight excluding hydrogens is 138 g/mol. The molecule has 0 N–H and O–H groups in total. The molecule has 1 aliphatic rings. The van der Waals surface area contributed by atoms with Crippen LogP contribution < -0.4 is 0 Å². The van der Waals surface area contributed by atoms with Gasteiger partial charge >= 0.3 is 0 Å². The Labute approximate surface area is 68.6 Å². The van der Waals surface area contributed by atoms with Crippen molar-refractivity contribution in [1.82, 2.24) is 0 Å². The Hall–Kier alpha value is -0.530. The van der Waals surface area contributed by atoms with Crippen LogP contribution in [0.3, 0.4) is 0 Å². The average molecular weight is 155 g/mol. The van der Waals surface area contributed by atoms with Gasteiger partial charge in [0.25, 0.3) is 0 Å². The summed E-state index contributed by atoms with van der Waals surface area (Å²) in [6.07, 6.45) is 6.41. The molecule has 2 nitrogen and oxygen atoms in total. The number of hydrogen-bond acceptors (Lipinski definition) is 2. The maximum Gasteiger partial charge on any atom is 0.106 e. The molecule has 1 saturated carbocycles. The van der Waals surface area contributed by atoms with Gasteiger partial charge in [0.1, 0.15) is 7.11 Å². The average Bonchev–Trinajstić information content (AvgIpc) is 2.52. The van der Waals surface area contributed by atoms with Crippen molar-refractivity contribution in [3.8, 4) is 0 Å². The molecule has 0 saturated heterocycles. The fraction of sp³-hybridized carbons (Fsp3) is 0.889. The summed E-state index contributed by atoms with van der Waals surface area (Å²) in [7, 11) is 1.63. The van der Waals surface area contributed by atoms with Crippen molar-refractivity contribution in [2.24, 2.45) is 11.1 Å². The molecule has 0 spiro atoms. The van der Waals surface area contributed by atoms with Crippen LogP contribution in [-0.4, -0.2) is 12.8 Å². The lowest BCUT2D eigenvalue weighted by Gasteiger charge is -2.09. The third kappa shape index (κ3) is 2.21. The molecule has 0 radical (unpaired) electrons. The monoisotopic (exact) mass is 155 g/mol. The molecule has 0 unspecified atom stereocenters. The molecule has 1 aliphatic carbocycles. The zero-order chi connectivity index (χ0) is 8.10. The minimum absolute atomic E-state index is 0.722. The first-order valence-electron chi connectivity index (χ1n) is 4.48. The normalized spacial score (nSPS) is 20.7. The Morgan fingerprint density at radius 2 is 2.09 bits per heavy atom. The number of hydrogen-bond donors (Lipinski definition) is 0. The SMILES string of the molecule is CCC(=NOC)C1CCCC1. The van der Waals surface area contributed by atoms with E-state index in [2.05, 4.69) is 12.1 Å². The third-order valence-electron chi connectivity index (χ3n) is 2.40. The van der Waals surface area contributed by atoms with Gasteiger partial charge in [0, 0.05) is 5.92 Å². The van der Waals surface area contributed by atoms with Gasteiger partial charge in [-0.3, -0.25) is 0 Å². The van der Waals surface area contributed by atoms with E-state index in [1.54, 1.807) is 7.11 Å². The van der Waals surface area contributed by atoms with Crippen LogP contribution in [0, 0.1) is 5.92 Å². The highest BCUT2D eigenvalue weighted by atomic mass is 16.6. The summed E-state index contributed by atoms with van der Waals surface area (Å²) >= 11 is 0. The van der Waals surface area contributed by atoms with E-state index in [1.807, 2.05) is 0 Å². The molecule has 0 bridgehead atoms. The van der Waals surface area contributed by atoms with Gasteiger partial charge in [0.2, 0.25) is 0 Å². The minimum Gasteiger partial charge on any atom is -0.399 e. The highest BCUT2D eigenvalue weighted by Gasteiger charge is 2.19. The molecule has 11 heavy (non-hydrogen) atoms. The molecular formula is C9H17NO. The summed E-state index contributed by atoms with van der Waals surface area (Å²) in [6.45, 7) is 2.15. The molecule has 0 aromatic heterocycles. The second kappa shape index (κ2) is 4.37. The van der Waals surface area contributed by atoms with Crippen LogP contribution >= 0.6 is 0 Å². The highest BCUT2D eigenvalue weighted by Crippen LogP contribution is 2.27. The molecule has 0 heterocycles. The van der Waals surface area contributed by atoms with Crippen LogP contribution in [-0.2, 0) is 4.84 Å². The Morgan fingerprint density at radius 3 is 2.55 bits per heavy atom. The molecule has 64 valence electrons. The van der Waals surface area contributed by atoms with Crippen molar-refractivity contribution < 1.29 is 4.84 Å². The van der Waals surface area contributed by atoms with Gasteiger partial charge < -0.3 is 4.84 Å². The van der Waals surface area contributed by atoms with Crippen molar-refractivity contribution in [2.75, 3.05) is 7.11 Å². The van der Waals surface area contributed by atoms with E-state index in [0.717, 1.165) is 12.3 Å². The largest absolute Gasteiger partial charge is 0.399 e. The van der Waals surface area contributed by atoms with Crippen LogP contribution in [0.2, 0.25) is 0 Å². The standard InChI is InChI=1S/C9H17NO/c1-3-9(10-11-2)8-6-4-5-7-8/h8H,3-7H2,1-2H3. The first-order chi connectivity index (χ1) is 5.38. The Bertz CT molecular complexity index is 136. The minimum atomic E-state index is 0.722. The van der Waals surface area contributed by atoms with E-state index in [9.17, 15) is 0 Å². The van der Waals surface area contributed by atoms with Crippen molar-refractivity contribution in [2.45, 2.75) is 39.0 Å². The molecule has 1 fully saturated rings. The Morgan fingerprint density at radius 1 is 1.45 bits per heavy atom. The maximum atomic E-state index is 4.80. The lowest BCUT2D eigenvalue weighted by Crippen LogP contribution is -2.09. The van der Waals surface area contributed by atoms with Gasteiger partial charge in [0.05, 0.1) is 5.71 Å². The smallest absolute Gasteiger partial charge is 0.106 e. The maximum absolute atomic E-state index is 4.80. The van der Waals surface area contributed by atoms with Crippen molar-refractivity contribution in [3.05, 3.63) is 0 Å². The Balaban J connectivity index is 2.46. The second-order valence-electron chi connectivity index (χ2n) is 3.10. The van der Waals surface area contributed by atoms with E-state index in [0.29, 0.717) is 0 Å². The second-order valence-corrected chi connectivity index (χ2v) is 3.10. The van der Waals surface area contributed by atoms with Crippen LogP contribution in [0.5, 0.6) is 0 Å². The van der Waals surface area contributed by atoms with E-state index in [-0.39, 0.29) is 0 Å². The fourth-order valence-electron chi connectivity index (χ4n) is 1.80. The molecule has 1 rings (SSSR count). The van der Waals surface area contributed by atoms with Gasteiger partial charge in [-0.1, -0.05) is 24.9 Å². The molecule has 0 atom stereocenters. The first kappa shape index (κ1) is 8.57. The van der Waals surface area contributed by atoms with Crippen molar-refractivity contribution >= 4 is 5.71 Å². The number of rotatable bonds is 3. The topological polar surface area (TPSA) is 21.6 Å². The zero-order valence-corrected chi connectivity index (χ0v) is 7.47. The molecule has 2 heteroatoms. The lowest BCUT2D eigenvalue weighted by atomic mass is 10.0. The quantitative estimate of drug-likeness (QED) is 0.453. The predicted molar refractivity (Wildman–Crippen MR) is 46.7 cm³/mol. The van der Waals surface area contributed by atoms with Gasteiger partial charge in [0.15, 0.2) is 0 Å². The predicted octanol–water partition coefficient (Wildman–Crippen LogP) is 2.59. The summed E-state index contributed by atoms with van der Waals surface area (Å²) in [5, 5.41) is 4.04. The van der Waals surface area contributed by atoms with Gasteiger partial charge in [-0.05, 0) is 19.3 Å². The zero-order valence-electron chi connectivity index (χ0n) is 7.47. The van der Waals surface area contributed by atoms with E-state index >= 15 is 0 Å². The number of oxime groups is 1. The van der Waals surface area contributed by atoms with Crippen LogP contribution in [0.15, 0.2) is 5.16 Å². The van der Waals surface area contributed by atoms with E-state index in [1.165, 1.54) is 31.4 Å². The van der Waals surface area contributed by atoms with E-state index < -0.39 is 0 Å². The summed E-state index contributed by atoms with van der Waals surface area (Å²) in [5.74, 6) is 0.722. The van der Waals surface area contributed by atoms with Gasteiger partial charge in [-0.2, -0.15) is 0 Å². The summed E-state index contributed by atoms with van der Waals surface area (Å²) in [6, 6.07) is 0. The van der Waals surface area contributed by atoms with Gasteiger partial charge in [-0.25, -0.2) is 0 Å². The van der Waals surface area contributed by atoms with Gasteiger partial charge in [-0.15, -0.1) is 0 Å². The number of nitrogens with zero attached hydrogens (tertiary/aromatic N) is 1. The molecule has 0 aromatic carbocycles.